The Kier molecular flexibility index (Phi) is 7.97. The Balaban J connectivity index is 1.35. The first-order valence-electron chi connectivity index (χ1n) is 12.5. The molecule has 0 radical (unpaired) electrons. The van der Waals surface area contributed by atoms with Gasteiger partial charge in [0.15, 0.2) is 0 Å². The van der Waals surface area contributed by atoms with Gasteiger partial charge in [-0.3, -0.25) is 0 Å². The monoisotopic (exact) mass is 424 g/mol. The molecular formula is C26H48O4. The van der Waals surface area contributed by atoms with Crippen LogP contribution in [0.25, 0.3) is 0 Å². The van der Waals surface area contributed by atoms with Crippen LogP contribution in [0.4, 0.5) is 0 Å². The lowest BCUT2D eigenvalue weighted by Crippen LogP contribution is -2.39. The summed E-state index contributed by atoms with van der Waals surface area (Å²) in [4.78, 5) is 0. The summed E-state index contributed by atoms with van der Waals surface area (Å²) in [6.45, 7) is 19.6. The summed E-state index contributed by atoms with van der Waals surface area (Å²) >= 11 is 0. The minimum Gasteiger partial charge on any atom is -0.375 e. The van der Waals surface area contributed by atoms with E-state index in [1.165, 1.54) is 25.7 Å². The summed E-state index contributed by atoms with van der Waals surface area (Å²) in [6.07, 6.45) is 8.83. The van der Waals surface area contributed by atoms with Gasteiger partial charge < -0.3 is 18.9 Å². The lowest BCUT2D eigenvalue weighted by atomic mass is 9.90. The standard InChI is InChI=1S/C26H48O4/c1-17(2)9-21-23(29-21)12-19(4)14-27-25(5,6)16-26(7,8)28-15-20-10-18(3)11-22-24(13-20)30-22/h17-24H,9-16H2,1-8H3. The second kappa shape index (κ2) is 9.77. The molecule has 0 bridgehead atoms. The highest BCUT2D eigenvalue weighted by atomic mass is 16.6. The maximum atomic E-state index is 6.45. The highest BCUT2D eigenvalue weighted by Crippen LogP contribution is 2.41. The van der Waals surface area contributed by atoms with Crippen LogP contribution in [0.5, 0.6) is 0 Å². The van der Waals surface area contributed by atoms with Crippen molar-refractivity contribution in [3.63, 3.8) is 0 Å². The first-order valence-corrected chi connectivity index (χ1v) is 12.5. The zero-order chi connectivity index (χ0) is 22.1. The van der Waals surface area contributed by atoms with Gasteiger partial charge in [-0.25, -0.2) is 0 Å². The molecule has 7 atom stereocenters. The fraction of sp³-hybridized carbons (Fsp3) is 1.00. The summed E-state index contributed by atoms with van der Waals surface area (Å²) in [5.74, 6) is 2.61. The van der Waals surface area contributed by atoms with Crippen molar-refractivity contribution in [2.75, 3.05) is 13.2 Å². The minimum atomic E-state index is -0.194. The molecule has 1 saturated carbocycles. The van der Waals surface area contributed by atoms with Crippen molar-refractivity contribution in [2.24, 2.45) is 23.7 Å². The lowest BCUT2D eigenvalue weighted by molar-refractivity contribution is -0.114. The van der Waals surface area contributed by atoms with Crippen LogP contribution in [-0.2, 0) is 18.9 Å². The van der Waals surface area contributed by atoms with Gasteiger partial charge in [0.25, 0.3) is 0 Å². The average molecular weight is 425 g/mol. The zero-order valence-electron chi connectivity index (χ0n) is 20.9. The van der Waals surface area contributed by atoms with Gasteiger partial charge in [-0.2, -0.15) is 0 Å². The summed E-state index contributed by atoms with van der Waals surface area (Å²) in [6, 6.07) is 0. The summed E-state index contributed by atoms with van der Waals surface area (Å²) in [5, 5.41) is 0. The van der Waals surface area contributed by atoms with Crippen LogP contribution in [0.2, 0.25) is 0 Å². The van der Waals surface area contributed by atoms with E-state index >= 15 is 0 Å². The molecule has 0 aromatic heterocycles. The smallest absolute Gasteiger partial charge is 0.0845 e. The minimum absolute atomic E-state index is 0.186. The largest absolute Gasteiger partial charge is 0.375 e. The highest BCUT2D eigenvalue weighted by Gasteiger charge is 2.44. The molecule has 4 nitrogen and oxygen atoms in total. The van der Waals surface area contributed by atoms with Crippen LogP contribution in [0.15, 0.2) is 0 Å². The number of ether oxygens (including phenoxy) is 4. The molecule has 0 aromatic rings. The molecule has 0 N–H and O–H groups in total. The molecule has 3 fully saturated rings. The Morgan fingerprint density at radius 1 is 0.833 bits per heavy atom. The summed E-state index contributed by atoms with van der Waals surface area (Å²) in [7, 11) is 0. The number of hydrogen-bond acceptors (Lipinski definition) is 4. The highest BCUT2D eigenvalue weighted by molar-refractivity contribution is 4.92. The van der Waals surface area contributed by atoms with E-state index in [4.69, 9.17) is 18.9 Å². The number of rotatable bonds is 12. The molecule has 3 aliphatic rings. The number of fused-ring (bicyclic) bond motifs is 1. The van der Waals surface area contributed by atoms with Crippen molar-refractivity contribution in [2.45, 2.75) is 130 Å². The summed E-state index contributed by atoms with van der Waals surface area (Å²) in [5.41, 5.74) is -0.380. The number of hydrogen-bond donors (Lipinski definition) is 0. The molecule has 0 spiro atoms. The fourth-order valence-electron chi connectivity index (χ4n) is 5.58. The Hall–Kier alpha value is -0.160. The molecule has 4 heteroatoms. The molecule has 2 saturated heterocycles. The maximum absolute atomic E-state index is 6.45. The third kappa shape index (κ3) is 8.07. The van der Waals surface area contributed by atoms with Gasteiger partial charge in [-0.1, -0.05) is 27.7 Å². The predicted octanol–water partition coefficient (Wildman–Crippen LogP) is 6.01. The molecule has 3 rings (SSSR count). The predicted molar refractivity (Wildman–Crippen MR) is 122 cm³/mol. The van der Waals surface area contributed by atoms with E-state index in [1.54, 1.807) is 0 Å². The third-order valence-electron chi connectivity index (χ3n) is 6.97. The third-order valence-corrected chi connectivity index (χ3v) is 6.97. The van der Waals surface area contributed by atoms with Crippen LogP contribution in [-0.4, -0.2) is 48.8 Å². The van der Waals surface area contributed by atoms with Gasteiger partial charge in [-0.15, -0.1) is 0 Å². The molecule has 176 valence electrons. The van der Waals surface area contributed by atoms with Crippen molar-refractivity contribution in [3.05, 3.63) is 0 Å². The Morgan fingerprint density at radius 2 is 1.47 bits per heavy atom. The van der Waals surface area contributed by atoms with E-state index < -0.39 is 0 Å². The molecule has 2 aliphatic heterocycles. The Morgan fingerprint density at radius 3 is 2.17 bits per heavy atom. The maximum Gasteiger partial charge on any atom is 0.0845 e. The van der Waals surface area contributed by atoms with Crippen LogP contribution in [0, 0.1) is 23.7 Å². The zero-order valence-corrected chi connectivity index (χ0v) is 20.9. The van der Waals surface area contributed by atoms with Crippen molar-refractivity contribution in [1.29, 1.82) is 0 Å². The van der Waals surface area contributed by atoms with Gasteiger partial charge >= 0.3 is 0 Å². The molecule has 30 heavy (non-hydrogen) atoms. The fourth-order valence-corrected chi connectivity index (χ4v) is 5.58. The topological polar surface area (TPSA) is 43.5 Å². The molecule has 7 unspecified atom stereocenters. The van der Waals surface area contributed by atoms with E-state index in [-0.39, 0.29) is 11.2 Å². The first-order chi connectivity index (χ1) is 13.9. The van der Waals surface area contributed by atoms with Crippen molar-refractivity contribution >= 4 is 0 Å². The lowest BCUT2D eigenvalue weighted by Gasteiger charge is -2.36. The molecule has 0 aromatic carbocycles. The second-order valence-electron chi connectivity index (χ2n) is 12.4. The van der Waals surface area contributed by atoms with Crippen LogP contribution in [0.1, 0.15) is 93.9 Å². The first kappa shape index (κ1) is 24.5. The van der Waals surface area contributed by atoms with Crippen LogP contribution in [0.3, 0.4) is 0 Å². The van der Waals surface area contributed by atoms with Crippen molar-refractivity contribution < 1.29 is 18.9 Å². The SMILES string of the molecule is CC(C)CC1OC1CC(C)COC(C)(C)CC(C)(C)OCC1CC(C)CC2OC2C1. The van der Waals surface area contributed by atoms with Crippen LogP contribution >= 0.6 is 0 Å². The quantitative estimate of drug-likeness (QED) is 0.360. The van der Waals surface area contributed by atoms with Gasteiger partial charge in [0.05, 0.1) is 42.2 Å². The normalized spacial score (nSPS) is 35.1. The van der Waals surface area contributed by atoms with Gasteiger partial charge in [-0.05, 0) is 83.5 Å². The molecule has 1 aliphatic carbocycles. The molecular weight excluding hydrogens is 376 g/mol. The van der Waals surface area contributed by atoms with E-state index in [2.05, 4.69) is 55.4 Å². The Bertz CT molecular complexity index is 541. The molecule has 0 amide bonds. The van der Waals surface area contributed by atoms with Crippen molar-refractivity contribution in [1.82, 2.24) is 0 Å². The van der Waals surface area contributed by atoms with Gasteiger partial charge in [0, 0.05) is 13.0 Å². The van der Waals surface area contributed by atoms with Gasteiger partial charge in [0.2, 0.25) is 0 Å². The Labute approximate surface area is 185 Å². The second-order valence-corrected chi connectivity index (χ2v) is 12.4. The van der Waals surface area contributed by atoms with Crippen LogP contribution < -0.4 is 0 Å². The van der Waals surface area contributed by atoms with Crippen molar-refractivity contribution in [3.8, 4) is 0 Å². The van der Waals surface area contributed by atoms with E-state index in [0.717, 1.165) is 32.0 Å². The van der Waals surface area contributed by atoms with E-state index in [1.807, 2.05) is 0 Å². The average Bonchev–Trinajstić information content (AvgIpc) is 3.48. The van der Waals surface area contributed by atoms with Gasteiger partial charge in [0.1, 0.15) is 0 Å². The van der Waals surface area contributed by atoms with E-state index in [9.17, 15) is 0 Å². The molecule has 2 heterocycles. The number of epoxide rings is 2. The summed E-state index contributed by atoms with van der Waals surface area (Å²) < 4.78 is 24.5. The van der Waals surface area contributed by atoms with E-state index in [0.29, 0.717) is 42.2 Å².